The molecular formula is C24H26N2O4S. The predicted molar refractivity (Wildman–Crippen MR) is 123 cm³/mol. The van der Waals surface area contributed by atoms with Gasteiger partial charge in [-0.25, -0.2) is 8.42 Å². The van der Waals surface area contributed by atoms with Gasteiger partial charge in [-0.15, -0.1) is 0 Å². The molecule has 162 valence electrons. The van der Waals surface area contributed by atoms with E-state index in [0.717, 1.165) is 5.56 Å². The van der Waals surface area contributed by atoms with Gasteiger partial charge in [0, 0.05) is 12.7 Å². The highest BCUT2D eigenvalue weighted by molar-refractivity contribution is 7.92. The minimum atomic E-state index is -3.71. The number of amides is 1. The highest BCUT2D eigenvalue weighted by atomic mass is 32.2. The molecule has 0 heterocycles. The van der Waals surface area contributed by atoms with Crippen LogP contribution in [0.3, 0.4) is 0 Å². The fourth-order valence-corrected chi connectivity index (χ4v) is 4.24. The summed E-state index contributed by atoms with van der Waals surface area (Å²) >= 11 is 0. The lowest BCUT2D eigenvalue weighted by atomic mass is 10.2. The Hall–Kier alpha value is -3.32. The zero-order chi connectivity index (χ0) is 22.4. The van der Waals surface area contributed by atoms with Gasteiger partial charge in [-0.1, -0.05) is 37.3 Å². The smallest absolute Gasteiger partial charge is 0.265 e. The summed E-state index contributed by atoms with van der Waals surface area (Å²) in [5, 5.41) is 2.80. The van der Waals surface area contributed by atoms with E-state index in [0.29, 0.717) is 23.5 Å². The normalized spacial score (nSPS) is 12.1. The molecule has 31 heavy (non-hydrogen) atoms. The maximum atomic E-state index is 12.9. The minimum Gasteiger partial charge on any atom is -0.481 e. The number of rotatable bonds is 8. The van der Waals surface area contributed by atoms with Crippen LogP contribution in [0, 0.1) is 6.92 Å². The first kappa shape index (κ1) is 22.4. The van der Waals surface area contributed by atoms with Crippen LogP contribution in [0.5, 0.6) is 5.75 Å². The summed E-state index contributed by atoms with van der Waals surface area (Å²) in [6.07, 6.45) is -0.164. The van der Waals surface area contributed by atoms with E-state index in [4.69, 9.17) is 4.74 Å². The molecule has 0 saturated carbocycles. The molecule has 0 saturated heterocycles. The molecule has 0 aliphatic heterocycles. The van der Waals surface area contributed by atoms with Crippen LogP contribution in [0.15, 0.2) is 83.8 Å². The van der Waals surface area contributed by atoms with E-state index in [2.05, 4.69) is 5.32 Å². The zero-order valence-electron chi connectivity index (χ0n) is 17.8. The summed E-state index contributed by atoms with van der Waals surface area (Å²) in [4.78, 5) is 12.8. The molecule has 0 aliphatic rings. The Kier molecular flexibility index (Phi) is 6.97. The lowest BCUT2D eigenvalue weighted by Crippen LogP contribution is -2.32. The molecule has 3 rings (SSSR count). The number of benzene rings is 3. The van der Waals surface area contributed by atoms with Gasteiger partial charge in [-0.2, -0.15) is 0 Å². The highest BCUT2D eigenvalue weighted by Crippen LogP contribution is 2.23. The Bertz CT molecular complexity index is 1130. The van der Waals surface area contributed by atoms with Crippen LogP contribution in [0.4, 0.5) is 11.4 Å². The first-order valence-corrected chi connectivity index (χ1v) is 11.4. The fraction of sp³-hybridized carbons (Fsp3) is 0.208. The van der Waals surface area contributed by atoms with E-state index < -0.39 is 16.1 Å². The monoisotopic (exact) mass is 438 g/mol. The molecular weight excluding hydrogens is 412 g/mol. The topological polar surface area (TPSA) is 75.7 Å². The average Bonchev–Trinajstić information content (AvgIpc) is 2.78. The zero-order valence-corrected chi connectivity index (χ0v) is 18.6. The fourth-order valence-electron chi connectivity index (χ4n) is 3.04. The SMILES string of the molecule is CCC(Oc1cccc(C)c1)C(=O)Nc1ccc(S(=O)(=O)N(C)c2ccccc2)cc1. The van der Waals surface area contributed by atoms with Crippen LogP contribution in [0.1, 0.15) is 18.9 Å². The summed E-state index contributed by atoms with van der Waals surface area (Å²) in [6.45, 7) is 3.83. The van der Waals surface area contributed by atoms with Gasteiger partial charge in [0.15, 0.2) is 6.10 Å². The van der Waals surface area contributed by atoms with Crippen LogP contribution in [0.25, 0.3) is 0 Å². The molecule has 0 fully saturated rings. The third-order valence-electron chi connectivity index (χ3n) is 4.83. The van der Waals surface area contributed by atoms with E-state index >= 15 is 0 Å². The molecule has 7 heteroatoms. The summed E-state index contributed by atoms with van der Waals surface area (Å²) in [5.41, 5.74) is 2.11. The standard InChI is InChI=1S/C24H26N2O4S/c1-4-23(30-21-12-8-9-18(2)17-21)24(27)25-19-13-15-22(16-14-19)31(28,29)26(3)20-10-6-5-7-11-20/h5-17,23H,4H2,1-3H3,(H,25,27). The van der Waals surface area contributed by atoms with Crippen LogP contribution < -0.4 is 14.4 Å². The van der Waals surface area contributed by atoms with Crippen LogP contribution in [-0.2, 0) is 14.8 Å². The van der Waals surface area contributed by atoms with Crippen molar-refractivity contribution in [1.82, 2.24) is 0 Å². The van der Waals surface area contributed by atoms with Crippen molar-refractivity contribution in [3.8, 4) is 5.75 Å². The van der Waals surface area contributed by atoms with Gasteiger partial charge in [0.05, 0.1) is 10.6 Å². The van der Waals surface area contributed by atoms with Gasteiger partial charge < -0.3 is 10.1 Å². The Labute approximate surface area is 183 Å². The minimum absolute atomic E-state index is 0.139. The van der Waals surface area contributed by atoms with Gasteiger partial charge in [-0.05, 0) is 67.4 Å². The molecule has 1 unspecified atom stereocenters. The van der Waals surface area contributed by atoms with Crippen molar-refractivity contribution in [2.75, 3.05) is 16.7 Å². The summed E-state index contributed by atoms with van der Waals surface area (Å²) in [7, 11) is -2.20. The van der Waals surface area contributed by atoms with Crippen molar-refractivity contribution in [2.45, 2.75) is 31.3 Å². The first-order chi connectivity index (χ1) is 14.8. The van der Waals surface area contributed by atoms with Crippen molar-refractivity contribution >= 4 is 27.3 Å². The molecule has 3 aromatic rings. The second-order valence-electron chi connectivity index (χ2n) is 7.15. The number of ether oxygens (including phenoxy) is 1. The number of nitrogens with zero attached hydrogens (tertiary/aromatic N) is 1. The van der Waals surface area contributed by atoms with Crippen LogP contribution in [-0.4, -0.2) is 27.5 Å². The highest BCUT2D eigenvalue weighted by Gasteiger charge is 2.22. The second kappa shape index (κ2) is 9.66. The van der Waals surface area contributed by atoms with Crippen molar-refractivity contribution in [2.24, 2.45) is 0 Å². The van der Waals surface area contributed by atoms with Crippen molar-refractivity contribution in [3.63, 3.8) is 0 Å². The Morgan fingerprint density at radius 1 is 1.00 bits per heavy atom. The third kappa shape index (κ3) is 5.44. The molecule has 3 aromatic carbocycles. The van der Waals surface area contributed by atoms with E-state index in [1.54, 1.807) is 36.4 Å². The summed E-state index contributed by atoms with van der Waals surface area (Å²) in [5.74, 6) is 0.341. The van der Waals surface area contributed by atoms with E-state index in [9.17, 15) is 13.2 Å². The van der Waals surface area contributed by atoms with Crippen LogP contribution in [0.2, 0.25) is 0 Å². The van der Waals surface area contributed by atoms with Crippen molar-refractivity contribution < 1.29 is 17.9 Å². The number of sulfonamides is 1. The lowest BCUT2D eigenvalue weighted by molar-refractivity contribution is -0.122. The number of para-hydroxylation sites is 1. The van der Waals surface area contributed by atoms with E-state index in [1.807, 2.05) is 44.2 Å². The van der Waals surface area contributed by atoms with Gasteiger partial charge in [0.25, 0.3) is 15.9 Å². The number of carbonyl (C=O) groups excluding carboxylic acids is 1. The lowest BCUT2D eigenvalue weighted by Gasteiger charge is -2.20. The van der Waals surface area contributed by atoms with Gasteiger partial charge >= 0.3 is 0 Å². The Balaban J connectivity index is 1.70. The number of anilines is 2. The van der Waals surface area contributed by atoms with Gasteiger partial charge in [0.2, 0.25) is 0 Å². The molecule has 0 aliphatic carbocycles. The molecule has 0 aromatic heterocycles. The molecule has 1 amide bonds. The molecule has 0 radical (unpaired) electrons. The second-order valence-corrected chi connectivity index (χ2v) is 9.12. The van der Waals surface area contributed by atoms with Crippen LogP contribution >= 0.6 is 0 Å². The summed E-state index contributed by atoms with van der Waals surface area (Å²) in [6, 6.07) is 22.5. The Morgan fingerprint density at radius 3 is 2.29 bits per heavy atom. The number of hydrogen-bond donors (Lipinski definition) is 1. The van der Waals surface area contributed by atoms with Gasteiger partial charge in [0.1, 0.15) is 5.75 Å². The molecule has 0 bridgehead atoms. The van der Waals surface area contributed by atoms with Crippen molar-refractivity contribution in [1.29, 1.82) is 0 Å². The predicted octanol–water partition coefficient (Wildman–Crippen LogP) is 4.62. The quantitative estimate of drug-likeness (QED) is 0.557. The summed E-state index contributed by atoms with van der Waals surface area (Å²) < 4.78 is 32.8. The maximum absolute atomic E-state index is 12.9. The number of carbonyl (C=O) groups is 1. The first-order valence-electron chi connectivity index (χ1n) is 9.99. The third-order valence-corrected chi connectivity index (χ3v) is 6.63. The molecule has 1 N–H and O–H groups in total. The van der Waals surface area contributed by atoms with Crippen molar-refractivity contribution in [3.05, 3.63) is 84.4 Å². The number of aryl methyl sites for hydroxylation is 1. The maximum Gasteiger partial charge on any atom is 0.265 e. The average molecular weight is 439 g/mol. The van der Waals surface area contributed by atoms with Gasteiger partial charge in [-0.3, -0.25) is 9.10 Å². The number of hydrogen-bond acceptors (Lipinski definition) is 4. The Morgan fingerprint density at radius 2 is 1.68 bits per heavy atom. The largest absolute Gasteiger partial charge is 0.481 e. The van der Waals surface area contributed by atoms with E-state index in [-0.39, 0.29) is 10.8 Å². The number of nitrogens with one attached hydrogen (secondary N) is 1. The molecule has 1 atom stereocenters. The molecule has 6 nitrogen and oxygen atoms in total. The molecule has 0 spiro atoms. The van der Waals surface area contributed by atoms with E-state index in [1.165, 1.54) is 23.5 Å².